The van der Waals surface area contributed by atoms with Gasteiger partial charge in [0.25, 0.3) is 0 Å². The summed E-state index contributed by atoms with van der Waals surface area (Å²) in [4.78, 5) is 3.17. The quantitative estimate of drug-likeness (QED) is 0.741. The molecule has 0 aliphatic heterocycles. The topological polar surface area (TPSA) is 24.1 Å². The van der Waals surface area contributed by atoms with Crippen molar-refractivity contribution in [2.75, 3.05) is 13.1 Å². The molecule has 1 aromatic rings. The molecular weight excluding hydrogens is 240 g/mol. The van der Waals surface area contributed by atoms with Gasteiger partial charge in [-0.05, 0) is 57.2 Å². The molecule has 0 saturated heterocycles. The van der Waals surface area contributed by atoms with E-state index in [0.29, 0.717) is 6.04 Å². The molecule has 0 fully saturated rings. The van der Waals surface area contributed by atoms with Crippen molar-refractivity contribution >= 4 is 11.3 Å². The summed E-state index contributed by atoms with van der Waals surface area (Å²) in [6.07, 6.45) is 6.60. The van der Waals surface area contributed by atoms with Crippen LogP contribution in [0.15, 0.2) is 6.07 Å². The van der Waals surface area contributed by atoms with Crippen molar-refractivity contribution in [2.24, 2.45) is 0 Å². The van der Waals surface area contributed by atoms with Gasteiger partial charge in [0, 0.05) is 28.9 Å². The molecule has 0 bridgehead atoms. The summed E-state index contributed by atoms with van der Waals surface area (Å²) >= 11 is 2.02. The van der Waals surface area contributed by atoms with Crippen molar-refractivity contribution in [1.29, 1.82) is 0 Å². The summed E-state index contributed by atoms with van der Waals surface area (Å²) in [6.45, 7) is 7.70. The predicted octanol–water partition coefficient (Wildman–Crippen LogP) is 3.10. The van der Waals surface area contributed by atoms with Crippen molar-refractivity contribution < 1.29 is 0 Å². The lowest BCUT2D eigenvalue weighted by molar-refractivity contribution is 0.503. The molecule has 1 aliphatic carbocycles. The molecule has 18 heavy (non-hydrogen) atoms. The molecule has 0 saturated carbocycles. The van der Waals surface area contributed by atoms with E-state index in [2.05, 4.69) is 30.5 Å². The van der Waals surface area contributed by atoms with Gasteiger partial charge >= 0.3 is 0 Å². The van der Waals surface area contributed by atoms with Crippen LogP contribution in [0.25, 0.3) is 0 Å². The number of fused-ring (bicyclic) bond motifs is 1. The monoisotopic (exact) mass is 266 g/mol. The average molecular weight is 266 g/mol. The molecule has 2 N–H and O–H groups in total. The smallest absolute Gasteiger partial charge is 0.0302 e. The van der Waals surface area contributed by atoms with Crippen LogP contribution in [0.2, 0.25) is 0 Å². The van der Waals surface area contributed by atoms with Crippen LogP contribution in [0.3, 0.4) is 0 Å². The molecule has 0 amide bonds. The minimum atomic E-state index is 0.552. The molecule has 102 valence electrons. The lowest BCUT2D eigenvalue weighted by Gasteiger charge is -2.13. The van der Waals surface area contributed by atoms with Crippen LogP contribution >= 0.6 is 11.3 Å². The van der Waals surface area contributed by atoms with Crippen LogP contribution < -0.4 is 10.6 Å². The first-order chi connectivity index (χ1) is 8.79. The Hall–Kier alpha value is -0.380. The Kier molecular flexibility index (Phi) is 5.67. The summed E-state index contributed by atoms with van der Waals surface area (Å²) in [7, 11) is 0. The van der Waals surface area contributed by atoms with Gasteiger partial charge in [-0.25, -0.2) is 0 Å². The summed E-state index contributed by atoms with van der Waals surface area (Å²) < 4.78 is 0. The summed E-state index contributed by atoms with van der Waals surface area (Å²) in [5.74, 6) is 0. The number of hydrogen-bond donors (Lipinski definition) is 2. The van der Waals surface area contributed by atoms with Crippen molar-refractivity contribution in [2.45, 2.75) is 58.5 Å². The Balaban J connectivity index is 1.74. The van der Waals surface area contributed by atoms with Gasteiger partial charge < -0.3 is 10.6 Å². The predicted molar refractivity (Wildman–Crippen MR) is 80.4 cm³/mol. The van der Waals surface area contributed by atoms with Gasteiger partial charge in [0.15, 0.2) is 0 Å². The van der Waals surface area contributed by atoms with E-state index >= 15 is 0 Å². The zero-order valence-corrected chi connectivity index (χ0v) is 12.5. The Bertz CT molecular complexity index is 336. The highest BCUT2D eigenvalue weighted by atomic mass is 32.1. The standard InChI is InChI=1S/C15H26N2S/c1-3-8-16-10-12(2)17-11-14-9-13-6-4-5-7-15(13)18-14/h9,12,16-17H,3-8,10-11H2,1-2H3. The Morgan fingerprint density at radius 2 is 2.17 bits per heavy atom. The molecule has 0 aromatic carbocycles. The van der Waals surface area contributed by atoms with E-state index in [-0.39, 0.29) is 0 Å². The van der Waals surface area contributed by atoms with Crippen LogP contribution in [0.1, 0.15) is 48.4 Å². The van der Waals surface area contributed by atoms with Gasteiger partial charge in [-0.2, -0.15) is 0 Å². The first-order valence-electron chi connectivity index (χ1n) is 7.34. The molecular formula is C15H26N2S. The highest BCUT2D eigenvalue weighted by Crippen LogP contribution is 2.29. The zero-order valence-electron chi connectivity index (χ0n) is 11.7. The summed E-state index contributed by atoms with van der Waals surface area (Å²) in [5, 5.41) is 7.08. The fraction of sp³-hybridized carbons (Fsp3) is 0.733. The van der Waals surface area contributed by atoms with E-state index in [1.807, 2.05) is 11.3 Å². The van der Waals surface area contributed by atoms with Crippen molar-refractivity contribution in [3.63, 3.8) is 0 Å². The van der Waals surface area contributed by atoms with Crippen LogP contribution in [-0.2, 0) is 19.4 Å². The fourth-order valence-electron chi connectivity index (χ4n) is 2.48. The van der Waals surface area contributed by atoms with Gasteiger partial charge in [0.05, 0.1) is 0 Å². The number of aryl methyl sites for hydroxylation is 2. The fourth-order valence-corrected chi connectivity index (χ4v) is 3.69. The first-order valence-corrected chi connectivity index (χ1v) is 8.15. The van der Waals surface area contributed by atoms with E-state index in [0.717, 1.165) is 19.6 Å². The second-order valence-corrected chi connectivity index (χ2v) is 6.58. The second kappa shape index (κ2) is 7.27. The molecule has 1 aromatic heterocycles. The number of hydrogen-bond acceptors (Lipinski definition) is 3. The van der Waals surface area contributed by atoms with E-state index in [1.54, 1.807) is 10.4 Å². The highest BCUT2D eigenvalue weighted by molar-refractivity contribution is 7.12. The number of nitrogens with one attached hydrogen (secondary N) is 2. The van der Waals surface area contributed by atoms with Crippen LogP contribution in [0.4, 0.5) is 0 Å². The lowest BCUT2D eigenvalue weighted by Crippen LogP contribution is -2.36. The van der Waals surface area contributed by atoms with Gasteiger partial charge in [-0.3, -0.25) is 0 Å². The SMILES string of the molecule is CCCNCC(C)NCc1cc2c(s1)CCCC2. The largest absolute Gasteiger partial charge is 0.315 e. The van der Waals surface area contributed by atoms with Crippen LogP contribution in [-0.4, -0.2) is 19.1 Å². The molecule has 3 heteroatoms. The normalized spacial score (nSPS) is 16.6. The lowest BCUT2D eigenvalue weighted by atomic mass is 9.99. The van der Waals surface area contributed by atoms with Crippen molar-refractivity contribution in [3.05, 3.63) is 21.4 Å². The molecule has 2 rings (SSSR count). The van der Waals surface area contributed by atoms with Gasteiger partial charge in [-0.15, -0.1) is 11.3 Å². The maximum atomic E-state index is 3.61. The van der Waals surface area contributed by atoms with Gasteiger partial charge in [0.2, 0.25) is 0 Å². The Morgan fingerprint density at radius 1 is 1.33 bits per heavy atom. The molecule has 1 aliphatic rings. The minimum Gasteiger partial charge on any atom is -0.315 e. The van der Waals surface area contributed by atoms with Gasteiger partial charge in [0.1, 0.15) is 0 Å². The van der Waals surface area contributed by atoms with Gasteiger partial charge in [-0.1, -0.05) is 6.92 Å². The third kappa shape index (κ3) is 4.08. The minimum absolute atomic E-state index is 0.552. The molecule has 0 spiro atoms. The summed E-state index contributed by atoms with van der Waals surface area (Å²) in [5.41, 5.74) is 1.62. The molecule has 1 atom stereocenters. The average Bonchev–Trinajstić information content (AvgIpc) is 2.79. The number of thiophene rings is 1. The molecule has 2 nitrogen and oxygen atoms in total. The van der Waals surface area contributed by atoms with E-state index in [9.17, 15) is 0 Å². The van der Waals surface area contributed by atoms with E-state index in [4.69, 9.17) is 0 Å². The Labute approximate surface area is 115 Å². The second-order valence-electron chi connectivity index (χ2n) is 5.35. The zero-order chi connectivity index (χ0) is 12.8. The Morgan fingerprint density at radius 3 is 2.94 bits per heavy atom. The molecule has 1 unspecified atom stereocenters. The molecule has 0 radical (unpaired) electrons. The third-order valence-electron chi connectivity index (χ3n) is 3.55. The third-order valence-corrected chi connectivity index (χ3v) is 4.79. The van der Waals surface area contributed by atoms with Crippen molar-refractivity contribution in [1.82, 2.24) is 10.6 Å². The highest BCUT2D eigenvalue weighted by Gasteiger charge is 2.13. The van der Waals surface area contributed by atoms with Crippen LogP contribution in [0, 0.1) is 0 Å². The van der Waals surface area contributed by atoms with E-state index < -0.39 is 0 Å². The van der Waals surface area contributed by atoms with E-state index in [1.165, 1.54) is 37.0 Å². The first kappa shape index (κ1) is 14.0. The summed E-state index contributed by atoms with van der Waals surface area (Å²) in [6, 6.07) is 2.98. The maximum Gasteiger partial charge on any atom is 0.0302 e. The van der Waals surface area contributed by atoms with Crippen LogP contribution in [0.5, 0.6) is 0 Å². The van der Waals surface area contributed by atoms with Crippen molar-refractivity contribution in [3.8, 4) is 0 Å². The maximum absolute atomic E-state index is 3.61. The number of rotatable bonds is 7. The molecule has 1 heterocycles.